The van der Waals surface area contributed by atoms with Gasteiger partial charge in [-0.3, -0.25) is 9.59 Å². The monoisotopic (exact) mass is 460 g/mol. The number of amides is 2. The molecule has 0 radical (unpaired) electrons. The summed E-state index contributed by atoms with van der Waals surface area (Å²) in [5, 5.41) is 5.53. The maximum atomic E-state index is 12.4. The van der Waals surface area contributed by atoms with Crippen LogP contribution < -0.4 is 20.1 Å². The Morgan fingerprint density at radius 3 is 2.18 bits per heavy atom. The molecule has 3 aromatic rings. The average molecular weight is 460 g/mol. The van der Waals surface area contributed by atoms with Gasteiger partial charge in [0.25, 0.3) is 5.91 Å². The number of carbonyl (C=O) groups is 3. The minimum absolute atomic E-state index is 0.210. The highest BCUT2D eigenvalue weighted by atomic mass is 16.7. The van der Waals surface area contributed by atoms with Crippen LogP contribution in [0.15, 0.2) is 78.9 Å². The summed E-state index contributed by atoms with van der Waals surface area (Å²) in [5.41, 5.74) is 2.37. The lowest BCUT2D eigenvalue weighted by atomic mass is 10.2. The standard InChI is InChI=1S/C26H24N2O6/c1-3-33-26(31)34-22-14-8-19(9-15-22)25(30)28-21-12-10-20(11-13-21)27-24(29)16-7-18-5-4-6-23(17-18)32-2/h4-17H,3H2,1-2H3,(H,27,29)(H,28,30)/b16-7+. The van der Waals surface area contributed by atoms with Crippen molar-refractivity contribution in [1.82, 2.24) is 0 Å². The van der Waals surface area contributed by atoms with E-state index in [-0.39, 0.29) is 24.2 Å². The lowest BCUT2D eigenvalue weighted by Crippen LogP contribution is -2.13. The molecule has 0 aliphatic heterocycles. The number of rotatable bonds is 8. The zero-order chi connectivity index (χ0) is 24.3. The normalized spacial score (nSPS) is 10.4. The van der Waals surface area contributed by atoms with E-state index in [4.69, 9.17) is 14.2 Å². The summed E-state index contributed by atoms with van der Waals surface area (Å²) in [6.07, 6.45) is 2.32. The molecule has 2 N–H and O–H groups in total. The van der Waals surface area contributed by atoms with Gasteiger partial charge in [-0.15, -0.1) is 0 Å². The molecule has 0 fully saturated rings. The van der Waals surface area contributed by atoms with E-state index in [0.29, 0.717) is 22.7 Å². The molecule has 0 spiro atoms. The van der Waals surface area contributed by atoms with Gasteiger partial charge in [0.15, 0.2) is 0 Å². The molecular formula is C26H24N2O6. The Bertz CT molecular complexity index is 1170. The third kappa shape index (κ3) is 7.23. The zero-order valence-corrected chi connectivity index (χ0v) is 18.7. The van der Waals surface area contributed by atoms with Crippen molar-refractivity contribution in [2.45, 2.75) is 6.92 Å². The molecule has 8 heteroatoms. The second-order valence-electron chi connectivity index (χ2n) is 6.94. The molecule has 0 aromatic heterocycles. The van der Waals surface area contributed by atoms with E-state index >= 15 is 0 Å². The number of ether oxygens (including phenoxy) is 3. The first kappa shape index (κ1) is 24.1. The van der Waals surface area contributed by atoms with E-state index in [1.807, 2.05) is 24.3 Å². The highest BCUT2D eigenvalue weighted by molar-refractivity contribution is 6.05. The Balaban J connectivity index is 1.52. The van der Waals surface area contributed by atoms with Crippen LogP contribution >= 0.6 is 0 Å². The molecule has 3 rings (SSSR count). The largest absolute Gasteiger partial charge is 0.513 e. The van der Waals surface area contributed by atoms with Gasteiger partial charge in [0, 0.05) is 23.0 Å². The maximum absolute atomic E-state index is 12.4. The molecule has 0 bridgehead atoms. The van der Waals surface area contributed by atoms with E-state index in [2.05, 4.69) is 10.6 Å². The zero-order valence-electron chi connectivity index (χ0n) is 18.7. The van der Waals surface area contributed by atoms with Crippen molar-refractivity contribution in [1.29, 1.82) is 0 Å². The Morgan fingerprint density at radius 1 is 0.853 bits per heavy atom. The molecule has 8 nitrogen and oxygen atoms in total. The van der Waals surface area contributed by atoms with Crippen molar-refractivity contribution in [3.8, 4) is 11.5 Å². The topological polar surface area (TPSA) is 103 Å². The van der Waals surface area contributed by atoms with E-state index < -0.39 is 6.16 Å². The summed E-state index contributed by atoms with van der Waals surface area (Å²) in [6.45, 7) is 1.89. The molecule has 0 aliphatic carbocycles. The van der Waals surface area contributed by atoms with Crippen molar-refractivity contribution in [2.24, 2.45) is 0 Å². The van der Waals surface area contributed by atoms with Crippen LogP contribution in [0.4, 0.5) is 16.2 Å². The van der Waals surface area contributed by atoms with Crippen molar-refractivity contribution >= 4 is 35.4 Å². The molecule has 3 aromatic carbocycles. The van der Waals surface area contributed by atoms with Crippen molar-refractivity contribution in [3.05, 3.63) is 90.0 Å². The van der Waals surface area contributed by atoms with E-state index in [1.54, 1.807) is 44.4 Å². The fourth-order valence-electron chi connectivity index (χ4n) is 2.86. The summed E-state index contributed by atoms with van der Waals surface area (Å²) >= 11 is 0. The molecule has 2 amide bonds. The molecule has 0 saturated carbocycles. The average Bonchev–Trinajstić information content (AvgIpc) is 2.84. The van der Waals surface area contributed by atoms with Crippen LogP contribution in [0.2, 0.25) is 0 Å². The number of hydrogen-bond acceptors (Lipinski definition) is 6. The highest BCUT2D eigenvalue weighted by Gasteiger charge is 2.09. The quantitative estimate of drug-likeness (QED) is 0.274. The van der Waals surface area contributed by atoms with Crippen LogP contribution in [0.25, 0.3) is 6.08 Å². The van der Waals surface area contributed by atoms with E-state index in [9.17, 15) is 14.4 Å². The van der Waals surface area contributed by atoms with Gasteiger partial charge in [0.2, 0.25) is 5.91 Å². The summed E-state index contributed by atoms with van der Waals surface area (Å²) in [5.74, 6) is 0.363. The summed E-state index contributed by atoms with van der Waals surface area (Å²) in [7, 11) is 1.58. The third-order valence-electron chi connectivity index (χ3n) is 4.51. The predicted octanol–water partition coefficient (Wildman–Crippen LogP) is 5.13. The van der Waals surface area contributed by atoms with Crippen molar-refractivity contribution in [2.75, 3.05) is 24.4 Å². The van der Waals surface area contributed by atoms with Crippen LogP contribution in [0.3, 0.4) is 0 Å². The lowest BCUT2D eigenvalue weighted by Gasteiger charge is -2.08. The summed E-state index contributed by atoms with van der Waals surface area (Å²) < 4.78 is 14.8. The number of anilines is 2. The summed E-state index contributed by atoms with van der Waals surface area (Å²) in [6, 6.07) is 20.2. The first-order chi connectivity index (χ1) is 16.5. The Kier molecular flexibility index (Phi) is 8.40. The Labute approximate surface area is 197 Å². The molecule has 0 heterocycles. The lowest BCUT2D eigenvalue weighted by molar-refractivity contribution is -0.111. The minimum Gasteiger partial charge on any atom is -0.497 e. The fourth-order valence-corrected chi connectivity index (χ4v) is 2.86. The maximum Gasteiger partial charge on any atom is 0.513 e. The number of nitrogens with one attached hydrogen (secondary N) is 2. The Morgan fingerprint density at radius 2 is 1.53 bits per heavy atom. The first-order valence-corrected chi connectivity index (χ1v) is 10.5. The molecule has 0 aliphatic rings. The van der Waals surface area contributed by atoms with Gasteiger partial charge in [0.1, 0.15) is 11.5 Å². The van der Waals surface area contributed by atoms with Gasteiger partial charge in [0.05, 0.1) is 13.7 Å². The van der Waals surface area contributed by atoms with E-state index in [1.165, 1.54) is 30.3 Å². The number of methoxy groups -OCH3 is 1. The number of benzene rings is 3. The smallest absolute Gasteiger partial charge is 0.497 e. The molecule has 34 heavy (non-hydrogen) atoms. The van der Waals surface area contributed by atoms with E-state index in [0.717, 1.165) is 5.56 Å². The second-order valence-corrected chi connectivity index (χ2v) is 6.94. The van der Waals surface area contributed by atoms with Crippen LogP contribution in [-0.4, -0.2) is 31.7 Å². The second kappa shape index (κ2) is 11.9. The third-order valence-corrected chi connectivity index (χ3v) is 4.51. The SMILES string of the molecule is CCOC(=O)Oc1ccc(C(=O)Nc2ccc(NC(=O)/C=C/c3cccc(OC)c3)cc2)cc1. The van der Waals surface area contributed by atoms with Gasteiger partial charge in [-0.1, -0.05) is 12.1 Å². The van der Waals surface area contributed by atoms with Crippen molar-refractivity contribution in [3.63, 3.8) is 0 Å². The Hall–Kier alpha value is -4.59. The van der Waals surface area contributed by atoms with Crippen LogP contribution in [-0.2, 0) is 9.53 Å². The van der Waals surface area contributed by atoms with Gasteiger partial charge >= 0.3 is 6.16 Å². The highest BCUT2D eigenvalue weighted by Crippen LogP contribution is 2.18. The molecule has 174 valence electrons. The summed E-state index contributed by atoms with van der Waals surface area (Å²) in [4.78, 5) is 36.0. The van der Waals surface area contributed by atoms with Gasteiger partial charge < -0.3 is 24.8 Å². The fraction of sp³-hybridized carbons (Fsp3) is 0.115. The first-order valence-electron chi connectivity index (χ1n) is 10.5. The number of hydrogen-bond donors (Lipinski definition) is 2. The predicted molar refractivity (Wildman–Crippen MR) is 129 cm³/mol. The molecule has 0 unspecified atom stereocenters. The van der Waals surface area contributed by atoms with Crippen LogP contribution in [0.1, 0.15) is 22.8 Å². The van der Waals surface area contributed by atoms with Crippen molar-refractivity contribution < 1.29 is 28.6 Å². The molecule has 0 atom stereocenters. The van der Waals surface area contributed by atoms with Crippen LogP contribution in [0, 0.1) is 0 Å². The minimum atomic E-state index is -0.803. The van der Waals surface area contributed by atoms with Gasteiger partial charge in [-0.2, -0.15) is 0 Å². The van der Waals surface area contributed by atoms with Gasteiger partial charge in [-0.25, -0.2) is 4.79 Å². The molecule has 0 saturated heterocycles. The van der Waals surface area contributed by atoms with Crippen LogP contribution in [0.5, 0.6) is 11.5 Å². The van der Waals surface area contributed by atoms with Gasteiger partial charge in [-0.05, 0) is 79.2 Å². The molecular weight excluding hydrogens is 436 g/mol. The number of carbonyl (C=O) groups excluding carboxylic acids is 3.